The molecule has 1 aromatic carbocycles. The number of ether oxygens (including phenoxy) is 1. The number of likely N-dealkylation sites (N-methyl/N-ethyl adjacent to an activating group) is 1. The Bertz CT molecular complexity index is 656. The molecule has 110 valence electrons. The number of carboxylic acids is 1. The summed E-state index contributed by atoms with van der Waals surface area (Å²) in [5.74, 6) is -1.01. The fraction of sp³-hybridized carbons (Fsp3) is 0.154. The Kier molecular flexibility index (Phi) is 4.46. The molecule has 0 unspecified atom stereocenters. The first-order valence-electron chi connectivity index (χ1n) is 5.83. The lowest BCUT2D eigenvalue weighted by atomic mass is 10.2. The third kappa shape index (κ3) is 3.51. The zero-order valence-electron chi connectivity index (χ0n) is 10.9. The molecule has 0 bridgehead atoms. The lowest BCUT2D eigenvalue weighted by Crippen LogP contribution is -2.25. The van der Waals surface area contributed by atoms with Gasteiger partial charge in [-0.2, -0.15) is 0 Å². The molecule has 0 spiro atoms. The van der Waals surface area contributed by atoms with Gasteiger partial charge in [0.25, 0.3) is 5.91 Å². The summed E-state index contributed by atoms with van der Waals surface area (Å²) in [5.41, 5.74) is 0.888. The lowest BCUT2D eigenvalue weighted by molar-refractivity contribution is -0.139. The monoisotopic (exact) mass is 402 g/mol. The van der Waals surface area contributed by atoms with Crippen LogP contribution in [0.15, 0.2) is 23.9 Å². The Hall–Kier alpha value is -2.10. The minimum atomic E-state index is -1.06. The molecule has 0 saturated carbocycles. The van der Waals surface area contributed by atoms with Crippen molar-refractivity contribution in [3.05, 3.63) is 33.0 Å². The third-order valence-corrected chi connectivity index (χ3v) is 3.54. The van der Waals surface area contributed by atoms with Gasteiger partial charge in [0.2, 0.25) is 0 Å². The number of carboxylic acid groups (broad SMARTS) is 1. The number of rotatable bonds is 4. The van der Waals surface area contributed by atoms with Gasteiger partial charge in [0, 0.05) is 7.05 Å². The lowest BCUT2D eigenvalue weighted by Gasteiger charge is -2.06. The number of urea groups is 1. The average molecular weight is 402 g/mol. The van der Waals surface area contributed by atoms with E-state index < -0.39 is 24.5 Å². The fourth-order valence-corrected chi connectivity index (χ4v) is 2.35. The molecule has 2 N–H and O–H groups in total. The predicted molar refractivity (Wildman–Crippen MR) is 81.6 cm³/mol. The quantitative estimate of drug-likeness (QED) is 0.450. The van der Waals surface area contributed by atoms with Gasteiger partial charge < -0.3 is 15.2 Å². The summed E-state index contributed by atoms with van der Waals surface area (Å²) < 4.78 is 5.81. The van der Waals surface area contributed by atoms with Crippen LogP contribution in [0.3, 0.4) is 0 Å². The number of carbonyl (C=O) groups is 3. The molecule has 7 nitrogen and oxygen atoms in total. The van der Waals surface area contributed by atoms with E-state index in [-0.39, 0.29) is 5.70 Å². The summed E-state index contributed by atoms with van der Waals surface area (Å²) in [5, 5.41) is 11.0. The highest BCUT2D eigenvalue weighted by Crippen LogP contribution is 2.23. The standard InChI is InChI=1S/C13H11IN2O5/c1-16-12(19)9(15-13(16)20)5-7-2-3-10(8(14)4-7)21-6-11(17)18/h2-5H,6H2,1H3,(H,15,20)(H,17,18)/b9-5+. The number of amides is 3. The van der Waals surface area contributed by atoms with Crippen molar-refractivity contribution in [2.45, 2.75) is 0 Å². The van der Waals surface area contributed by atoms with Crippen molar-refractivity contribution in [3.8, 4) is 5.75 Å². The molecular weight excluding hydrogens is 391 g/mol. The Morgan fingerprint density at radius 2 is 2.19 bits per heavy atom. The van der Waals surface area contributed by atoms with Crippen molar-refractivity contribution in [3.63, 3.8) is 0 Å². The molecule has 0 aromatic heterocycles. The molecule has 8 heteroatoms. The Morgan fingerprint density at radius 1 is 1.48 bits per heavy atom. The molecule has 1 fully saturated rings. The average Bonchev–Trinajstić information content (AvgIpc) is 2.65. The first kappa shape index (κ1) is 15.3. The number of imide groups is 1. The van der Waals surface area contributed by atoms with Gasteiger partial charge in [-0.3, -0.25) is 9.69 Å². The summed E-state index contributed by atoms with van der Waals surface area (Å²) in [6, 6.07) is 4.54. The van der Waals surface area contributed by atoms with Crippen LogP contribution in [0.1, 0.15) is 5.56 Å². The molecule has 0 radical (unpaired) electrons. The Balaban J connectivity index is 2.19. The molecule has 21 heavy (non-hydrogen) atoms. The van der Waals surface area contributed by atoms with Gasteiger partial charge >= 0.3 is 12.0 Å². The Labute approximate surface area is 133 Å². The predicted octanol–water partition coefficient (Wildman–Crippen LogP) is 1.28. The van der Waals surface area contributed by atoms with Crippen molar-refractivity contribution in [1.29, 1.82) is 0 Å². The van der Waals surface area contributed by atoms with Crippen LogP contribution in [-0.4, -0.2) is 41.6 Å². The molecule has 1 aromatic rings. The number of hydrogen-bond acceptors (Lipinski definition) is 4. The van der Waals surface area contributed by atoms with E-state index in [4.69, 9.17) is 9.84 Å². The SMILES string of the molecule is CN1C(=O)N/C(=C/c2ccc(OCC(=O)O)c(I)c2)C1=O. The van der Waals surface area contributed by atoms with Gasteiger partial charge in [-0.25, -0.2) is 9.59 Å². The second-order valence-corrected chi connectivity index (χ2v) is 5.39. The number of carbonyl (C=O) groups excluding carboxylic acids is 2. The first-order valence-corrected chi connectivity index (χ1v) is 6.91. The van der Waals surface area contributed by atoms with Crippen LogP contribution in [0, 0.1) is 3.57 Å². The summed E-state index contributed by atoms with van der Waals surface area (Å²) in [4.78, 5) is 34.5. The van der Waals surface area contributed by atoms with Crippen molar-refractivity contribution in [1.82, 2.24) is 10.2 Å². The van der Waals surface area contributed by atoms with Gasteiger partial charge in [0.05, 0.1) is 3.57 Å². The maximum Gasteiger partial charge on any atom is 0.341 e. The van der Waals surface area contributed by atoms with Gasteiger partial charge in [-0.15, -0.1) is 0 Å². The highest BCUT2D eigenvalue weighted by molar-refractivity contribution is 14.1. The minimum absolute atomic E-state index is 0.192. The van der Waals surface area contributed by atoms with Gasteiger partial charge in [0.1, 0.15) is 11.4 Å². The van der Waals surface area contributed by atoms with Gasteiger partial charge in [0.15, 0.2) is 6.61 Å². The highest BCUT2D eigenvalue weighted by Gasteiger charge is 2.29. The molecule has 2 rings (SSSR count). The van der Waals surface area contributed by atoms with Crippen LogP contribution < -0.4 is 10.1 Å². The molecular formula is C13H11IN2O5. The maximum absolute atomic E-state index is 11.7. The van der Waals surface area contributed by atoms with E-state index in [1.54, 1.807) is 24.3 Å². The summed E-state index contributed by atoms with van der Waals surface area (Å²) in [6.07, 6.45) is 1.55. The maximum atomic E-state index is 11.7. The van der Waals surface area contributed by atoms with Crippen LogP contribution >= 0.6 is 22.6 Å². The number of hydrogen-bond donors (Lipinski definition) is 2. The van der Waals surface area contributed by atoms with Gasteiger partial charge in [-0.1, -0.05) is 6.07 Å². The van der Waals surface area contributed by atoms with E-state index in [1.807, 2.05) is 22.6 Å². The summed E-state index contributed by atoms with van der Waals surface area (Å²) >= 11 is 2.00. The molecule has 1 heterocycles. The van der Waals surface area contributed by atoms with Crippen LogP contribution in [-0.2, 0) is 9.59 Å². The second-order valence-electron chi connectivity index (χ2n) is 4.22. The van der Waals surface area contributed by atoms with E-state index >= 15 is 0 Å². The molecule has 1 aliphatic heterocycles. The van der Waals surface area contributed by atoms with Crippen LogP contribution in [0.4, 0.5) is 4.79 Å². The largest absolute Gasteiger partial charge is 0.481 e. The molecule has 0 aliphatic carbocycles. The number of aliphatic carboxylic acids is 1. The fourth-order valence-electron chi connectivity index (χ4n) is 1.65. The molecule has 1 aliphatic rings. The third-order valence-electron chi connectivity index (χ3n) is 2.70. The smallest absolute Gasteiger partial charge is 0.341 e. The highest BCUT2D eigenvalue weighted by atomic mass is 127. The van der Waals surface area contributed by atoms with Gasteiger partial charge in [-0.05, 0) is 46.4 Å². The number of nitrogens with one attached hydrogen (secondary N) is 1. The zero-order valence-corrected chi connectivity index (χ0v) is 13.1. The van der Waals surface area contributed by atoms with Crippen molar-refractivity contribution in [2.75, 3.05) is 13.7 Å². The molecule has 3 amide bonds. The van der Waals surface area contributed by atoms with E-state index in [0.717, 1.165) is 4.90 Å². The van der Waals surface area contributed by atoms with E-state index in [0.29, 0.717) is 14.9 Å². The summed E-state index contributed by atoms with van der Waals surface area (Å²) in [6.45, 7) is -0.421. The van der Waals surface area contributed by atoms with Crippen LogP contribution in [0.25, 0.3) is 6.08 Å². The van der Waals surface area contributed by atoms with E-state index in [9.17, 15) is 14.4 Å². The van der Waals surface area contributed by atoms with Crippen LogP contribution in [0.2, 0.25) is 0 Å². The normalized spacial score (nSPS) is 16.3. The summed E-state index contributed by atoms with van der Waals surface area (Å²) in [7, 11) is 1.39. The second kappa shape index (κ2) is 6.12. The molecule has 1 saturated heterocycles. The van der Waals surface area contributed by atoms with Crippen molar-refractivity contribution in [2.24, 2.45) is 0 Å². The van der Waals surface area contributed by atoms with Crippen molar-refractivity contribution >= 4 is 46.6 Å². The van der Waals surface area contributed by atoms with E-state index in [1.165, 1.54) is 7.05 Å². The van der Waals surface area contributed by atoms with Crippen LogP contribution in [0.5, 0.6) is 5.75 Å². The number of nitrogens with zero attached hydrogens (tertiary/aromatic N) is 1. The first-order chi connectivity index (χ1) is 9.88. The van der Waals surface area contributed by atoms with E-state index in [2.05, 4.69) is 5.32 Å². The van der Waals surface area contributed by atoms with Crippen molar-refractivity contribution < 1.29 is 24.2 Å². The number of benzene rings is 1. The topological polar surface area (TPSA) is 95.9 Å². The number of halogens is 1. The minimum Gasteiger partial charge on any atom is -0.481 e. The Morgan fingerprint density at radius 3 is 2.71 bits per heavy atom. The molecule has 0 atom stereocenters. The zero-order chi connectivity index (χ0) is 15.6.